The summed E-state index contributed by atoms with van der Waals surface area (Å²) in [5, 5.41) is 9.03. The van der Waals surface area contributed by atoms with Crippen molar-refractivity contribution in [2.24, 2.45) is 0 Å². The van der Waals surface area contributed by atoms with E-state index < -0.39 is 0 Å². The van der Waals surface area contributed by atoms with Gasteiger partial charge in [-0.05, 0) is 37.0 Å². The van der Waals surface area contributed by atoms with Gasteiger partial charge in [0.1, 0.15) is 6.11 Å². The Kier molecular flexibility index (Phi) is 4.96. The number of aliphatic hydroxyl groups is 1. The van der Waals surface area contributed by atoms with E-state index in [1.165, 1.54) is 5.56 Å². The molecule has 1 rings (SSSR count). The average molecular weight is 209 g/mol. The fraction of sp³-hybridized carbons (Fsp3) is 0.333. The number of halogens is 1. The van der Waals surface area contributed by atoms with E-state index in [-0.39, 0.29) is 0 Å². The van der Waals surface area contributed by atoms with Gasteiger partial charge in [-0.15, -0.1) is 0 Å². The van der Waals surface area contributed by atoms with Gasteiger partial charge in [-0.1, -0.05) is 29.7 Å². The molecule has 0 aliphatic carbocycles. The third-order valence-electron chi connectivity index (χ3n) is 1.99. The molecule has 14 heavy (non-hydrogen) atoms. The van der Waals surface area contributed by atoms with E-state index in [2.05, 4.69) is 12.0 Å². The van der Waals surface area contributed by atoms with E-state index in [1.54, 1.807) is 0 Å². The van der Waals surface area contributed by atoms with Crippen molar-refractivity contribution < 1.29 is 5.11 Å². The zero-order valence-electron chi connectivity index (χ0n) is 7.96. The second kappa shape index (κ2) is 6.34. The van der Waals surface area contributed by atoms with Crippen molar-refractivity contribution in [3.63, 3.8) is 0 Å². The first-order valence-corrected chi connectivity index (χ1v) is 5.07. The highest BCUT2D eigenvalue weighted by Gasteiger charge is 1.93. The maximum absolute atomic E-state index is 8.24. The first kappa shape index (κ1) is 10.9. The number of benzene rings is 1. The van der Waals surface area contributed by atoms with Gasteiger partial charge in [-0.3, -0.25) is 0 Å². The fourth-order valence-corrected chi connectivity index (χ4v) is 1.50. The Balaban J connectivity index is 2.27. The molecule has 1 N–H and O–H groups in total. The predicted octanol–water partition coefficient (Wildman–Crippen LogP) is 3.39. The molecule has 0 heterocycles. The van der Waals surface area contributed by atoms with Gasteiger partial charge in [0.05, 0.1) is 0 Å². The van der Waals surface area contributed by atoms with E-state index in [4.69, 9.17) is 16.7 Å². The van der Waals surface area contributed by atoms with Crippen molar-refractivity contribution in [2.45, 2.75) is 25.7 Å². The Morgan fingerprint density at radius 3 is 2.86 bits per heavy atom. The SMILES string of the molecule is OC#CCCCCc1cccc(Cl)c1. The van der Waals surface area contributed by atoms with E-state index in [0.29, 0.717) is 0 Å². The zero-order chi connectivity index (χ0) is 10.2. The molecule has 0 aromatic heterocycles. The van der Waals surface area contributed by atoms with Gasteiger partial charge in [0.2, 0.25) is 0 Å². The lowest BCUT2D eigenvalue weighted by atomic mass is 10.1. The zero-order valence-corrected chi connectivity index (χ0v) is 8.72. The molecule has 0 spiro atoms. The van der Waals surface area contributed by atoms with Crippen LogP contribution in [0.15, 0.2) is 24.3 Å². The molecule has 2 heteroatoms. The maximum atomic E-state index is 8.24. The third kappa shape index (κ3) is 4.20. The Labute approximate surface area is 89.7 Å². The van der Waals surface area contributed by atoms with Crippen LogP contribution < -0.4 is 0 Å². The average Bonchev–Trinajstić information content (AvgIpc) is 2.18. The Bertz CT molecular complexity index is 336. The molecule has 0 bridgehead atoms. The topological polar surface area (TPSA) is 20.2 Å². The second-order valence-corrected chi connectivity index (χ2v) is 3.56. The first-order chi connectivity index (χ1) is 6.83. The van der Waals surface area contributed by atoms with Gasteiger partial charge in [-0.25, -0.2) is 0 Å². The van der Waals surface area contributed by atoms with Crippen LogP contribution in [-0.2, 0) is 6.42 Å². The van der Waals surface area contributed by atoms with Crippen LogP contribution in [0.1, 0.15) is 24.8 Å². The van der Waals surface area contributed by atoms with Crippen molar-refractivity contribution in [3.8, 4) is 12.0 Å². The van der Waals surface area contributed by atoms with Gasteiger partial charge in [0.15, 0.2) is 0 Å². The number of hydrogen-bond donors (Lipinski definition) is 1. The van der Waals surface area contributed by atoms with Crippen LogP contribution in [0.3, 0.4) is 0 Å². The highest BCUT2D eigenvalue weighted by molar-refractivity contribution is 6.30. The molecule has 1 aromatic rings. The lowest BCUT2D eigenvalue weighted by molar-refractivity contribution is 0.515. The number of aryl methyl sites for hydroxylation is 1. The highest BCUT2D eigenvalue weighted by Crippen LogP contribution is 2.13. The molecule has 0 radical (unpaired) electrons. The van der Waals surface area contributed by atoms with Crippen molar-refractivity contribution in [2.75, 3.05) is 0 Å². The highest BCUT2D eigenvalue weighted by atomic mass is 35.5. The summed E-state index contributed by atoms with van der Waals surface area (Å²) in [7, 11) is 0. The number of rotatable bonds is 4. The minimum absolute atomic E-state index is 0.761. The van der Waals surface area contributed by atoms with Gasteiger partial charge in [0, 0.05) is 11.4 Å². The number of hydrogen-bond acceptors (Lipinski definition) is 1. The summed E-state index contributed by atoms with van der Waals surface area (Å²) >= 11 is 5.85. The van der Waals surface area contributed by atoms with Crippen molar-refractivity contribution in [3.05, 3.63) is 34.9 Å². The normalized spacial score (nSPS) is 9.21. The van der Waals surface area contributed by atoms with E-state index >= 15 is 0 Å². The van der Waals surface area contributed by atoms with Gasteiger partial charge < -0.3 is 5.11 Å². The number of aliphatic hydroxyl groups excluding tert-OH is 1. The minimum Gasteiger partial charge on any atom is -0.462 e. The van der Waals surface area contributed by atoms with Crippen molar-refractivity contribution in [1.29, 1.82) is 0 Å². The van der Waals surface area contributed by atoms with Crippen LogP contribution in [0.25, 0.3) is 0 Å². The Morgan fingerprint density at radius 2 is 2.14 bits per heavy atom. The Hall–Kier alpha value is -1.13. The summed E-state index contributed by atoms with van der Waals surface area (Å²) in [6.07, 6.45) is 5.78. The smallest absolute Gasteiger partial charge is 0.107 e. The molecule has 0 aliphatic rings. The molecule has 0 saturated heterocycles. The maximum Gasteiger partial charge on any atom is 0.107 e. The van der Waals surface area contributed by atoms with Crippen LogP contribution in [-0.4, -0.2) is 5.11 Å². The molecule has 1 aromatic carbocycles. The molecular formula is C12H13ClO. The molecule has 0 fully saturated rings. The van der Waals surface area contributed by atoms with Gasteiger partial charge in [0.25, 0.3) is 0 Å². The molecule has 1 nitrogen and oxygen atoms in total. The summed E-state index contributed by atoms with van der Waals surface area (Å²) < 4.78 is 0. The summed E-state index contributed by atoms with van der Waals surface area (Å²) in [6, 6.07) is 7.90. The molecule has 0 aliphatic heterocycles. The van der Waals surface area contributed by atoms with E-state index in [0.717, 1.165) is 30.7 Å². The van der Waals surface area contributed by atoms with Gasteiger partial charge >= 0.3 is 0 Å². The monoisotopic (exact) mass is 208 g/mol. The molecule has 0 saturated carbocycles. The minimum atomic E-state index is 0.761. The summed E-state index contributed by atoms with van der Waals surface area (Å²) in [5.74, 6) is 2.63. The van der Waals surface area contributed by atoms with Crippen LogP contribution in [0.2, 0.25) is 5.02 Å². The fourth-order valence-electron chi connectivity index (χ4n) is 1.29. The molecule has 0 amide bonds. The molecular weight excluding hydrogens is 196 g/mol. The summed E-state index contributed by atoms with van der Waals surface area (Å²) in [4.78, 5) is 0. The van der Waals surface area contributed by atoms with Crippen LogP contribution in [0.4, 0.5) is 0 Å². The molecule has 0 atom stereocenters. The lowest BCUT2D eigenvalue weighted by Crippen LogP contribution is -1.84. The Morgan fingerprint density at radius 1 is 1.29 bits per heavy atom. The van der Waals surface area contributed by atoms with Crippen molar-refractivity contribution in [1.82, 2.24) is 0 Å². The van der Waals surface area contributed by atoms with E-state index in [1.807, 2.05) is 24.3 Å². The largest absolute Gasteiger partial charge is 0.462 e. The summed E-state index contributed by atoms with van der Waals surface area (Å²) in [5.41, 5.74) is 1.26. The van der Waals surface area contributed by atoms with Crippen molar-refractivity contribution >= 4 is 11.6 Å². The second-order valence-electron chi connectivity index (χ2n) is 3.13. The quantitative estimate of drug-likeness (QED) is 0.594. The van der Waals surface area contributed by atoms with Gasteiger partial charge in [-0.2, -0.15) is 0 Å². The standard InChI is InChI=1S/C12H13ClO/c13-12-8-5-7-11(10-12)6-3-1-2-4-9-14/h5,7-8,10,14H,1-3,6H2. The van der Waals surface area contributed by atoms with Crippen LogP contribution in [0.5, 0.6) is 0 Å². The lowest BCUT2D eigenvalue weighted by Gasteiger charge is -1.99. The van der Waals surface area contributed by atoms with E-state index in [9.17, 15) is 0 Å². The molecule has 0 unspecified atom stereocenters. The third-order valence-corrected chi connectivity index (χ3v) is 2.22. The first-order valence-electron chi connectivity index (χ1n) is 4.69. The molecule has 74 valence electrons. The number of unbranched alkanes of at least 4 members (excludes halogenated alkanes) is 2. The predicted molar refractivity (Wildman–Crippen MR) is 58.7 cm³/mol. The summed E-state index contributed by atoms with van der Waals surface area (Å²) in [6.45, 7) is 0. The van der Waals surface area contributed by atoms with Crippen LogP contribution >= 0.6 is 11.6 Å². The van der Waals surface area contributed by atoms with Crippen LogP contribution in [0, 0.1) is 12.0 Å².